The zero-order valence-electron chi connectivity index (χ0n) is 12.9. The van der Waals surface area contributed by atoms with E-state index in [2.05, 4.69) is 4.72 Å². The Morgan fingerprint density at radius 2 is 2.00 bits per heavy atom. The van der Waals surface area contributed by atoms with Crippen LogP contribution in [0.2, 0.25) is 0 Å². The Balaban J connectivity index is 2.03. The van der Waals surface area contributed by atoms with Crippen molar-refractivity contribution in [2.24, 2.45) is 5.92 Å². The van der Waals surface area contributed by atoms with Gasteiger partial charge in [0.05, 0.1) is 12.1 Å². The molecule has 2 N–H and O–H groups in total. The summed E-state index contributed by atoms with van der Waals surface area (Å²) in [7, 11) is -3.63. The lowest BCUT2D eigenvalue weighted by Gasteiger charge is -2.32. The Kier molecular flexibility index (Phi) is 5.55. The molecule has 1 heterocycles. The standard InChI is InChI=1S/C15H23FN2O3S/c1-11-4-3-9-18(10-11)22(20,21)17-12(2)15(19)13-5-7-14(16)8-6-13/h5-8,11-12,15,17,19H,3-4,9-10H2,1-2H3. The first kappa shape index (κ1) is 17.3. The molecule has 0 radical (unpaired) electrons. The van der Waals surface area contributed by atoms with Gasteiger partial charge in [-0.3, -0.25) is 0 Å². The number of nitrogens with one attached hydrogen (secondary N) is 1. The van der Waals surface area contributed by atoms with E-state index in [4.69, 9.17) is 0 Å². The normalized spacial score (nSPS) is 23.2. The van der Waals surface area contributed by atoms with Crippen molar-refractivity contribution in [1.82, 2.24) is 9.03 Å². The van der Waals surface area contributed by atoms with Crippen molar-refractivity contribution in [1.29, 1.82) is 0 Å². The predicted molar refractivity (Wildman–Crippen MR) is 82.8 cm³/mol. The second-order valence-corrected chi connectivity index (χ2v) is 7.72. The molecule has 5 nitrogen and oxygen atoms in total. The maximum Gasteiger partial charge on any atom is 0.279 e. The maximum atomic E-state index is 12.9. The fraction of sp³-hybridized carbons (Fsp3) is 0.600. The van der Waals surface area contributed by atoms with Crippen molar-refractivity contribution in [3.05, 3.63) is 35.6 Å². The summed E-state index contributed by atoms with van der Waals surface area (Å²) >= 11 is 0. The molecule has 124 valence electrons. The molecule has 1 aliphatic heterocycles. The molecule has 3 unspecified atom stereocenters. The third kappa shape index (κ3) is 4.25. The molecule has 1 aromatic carbocycles. The Hall–Kier alpha value is -1.02. The molecule has 0 bridgehead atoms. The van der Waals surface area contributed by atoms with Crippen molar-refractivity contribution in [3.63, 3.8) is 0 Å². The molecule has 1 fully saturated rings. The van der Waals surface area contributed by atoms with Crippen molar-refractivity contribution in [2.45, 2.75) is 38.8 Å². The van der Waals surface area contributed by atoms with E-state index in [1.807, 2.05) is 6.92 Å². The number of aliphatic hydroxyl groups excluding tert-OH is 1. The Bertz CT molecular complexity index is 591. The summed E-state index contributed by atoms with van der Waals surface area (Å²) in [5.74, 6) is -0.0610. The van der Waals surface area contributed by atoms with Crippen molar-refractivity contribution in [2.75, 3.05) is 13.1 Å². The fourth-order valence-electron chi connectivity index (χ4n) is 2.69. The summed E-state index contributed by atoms with van der Waals surface area (Å²) in [5.41, 5.74) is 0.476. The van der Waals surface area contributed by atoms with Crippen LogP contribution < -0.4 is 4.72 Å². The average molecular weight is 330 g/mol. The Morgan fingerprint density at radius 1 is 1.36 bits per heavy atom. The summed E-state index contributed by atoms with van der Waals surface area (Å²) in [6.45, 7) is 4.62. The van der Waals surface area contributed by atoms with Crippen LogP contribution in [0.15, 0.2) is 24.3 Å². The van der Waals surface area contributed by atoms with Crippen LogP contribution in [0.5, 0.6) is 0 Å². The Morgan fingerprint density at radius 3 is 2.59 bits per heavy atom. The number of hydrogen-bond donors (Lipinski definition) is 2. The summed E-state index contributed by atoms with van der Waals surface area (Å²) in [4.78, 5) is 0. The van der Waals surface area contributed by atoms with E-state index in [9.17, 15) is 17.9 Å². The summed E-state index contributed by atoms with van der Waals surface area (Å²) < 4.78 is 41.6. The van der Waals surface area contributed by atoms with E-state index in [1.165, 1.54) is 28.6 Å². The molecule has 0 aromatic heterocycles. The predicted octanol–water partition coefficient (Wildman–Crippen LogP) is 1.81. The minimum absolute atomic E-state index is 0.336. The lowest BCUT2D eigenvalue weighted by molar-refractivity contribution is 0.144. The first-order valence-electron chi connectivity index (χ1n) is 7.50. The van der Waals surface area contributed by atoms with Gasteiger partial charge in [0.15, 0.2) is 0 Å². The van der Waals surface area contributed by atoms with E-state index >= 15 is 0 Å². The molecule has 1 aromatic rings. The van der Waals surface area contributed by atoms with E-state index in [-0.39, 0.29) is 0 Å². The van der Waals surface area contributed by atoms with Gasteiger partial charge in [-0.15, -0.1) is 0 Å². The molecule has 1 aliphatic rings. The second-order valence-electron chi connectivity index (χ2n) is 6.01. The van der Waals surface area contributed by atoms with Crippen LogP contribution in [0.1, 0.15) is 38.4 Å². The number of aliphatic hydroxyl groups is 1. The van der Waals surface area contributed by atoms with Gasteiger partial charge in [-0.1, -0.05) is 19.1 Å². The maximum absolute atomic E-state index is 12.9. The van der Waals surface area contributed by atoms with Gasteiger partial charge in [-0.2, -0.15) is 17.4 Å². The van der Waals surface area contributed by atoms with Crippen LogP contribution in [0.3, 0.4) is 0 Å². The molecular weight excluding hydrogens is 307 g/mol. The smallest absolute Gasteiger partial charge is 0.279 e. The molecule has 1 saturated heterocycles. The first-order valence-corrected chi connectivity index (χ1v) is 8.94. The highest BCUT2D eigenvalue weighted by atomic mass is 32.2. The number of benzene rings is 1. The summed E-state index contributed by atoms with van der Waals surface area (Å²) in [5, 5.41) is 10.2. The number of halogens is 1. The van der Waals surface area contributed by atoms with Crippen LogP contribution in [0.4, 0.5) is 4.39 Å². The molecule has 0 saturated carbocycles. The van der Waals surface area contributed by atoms with Crippen LogP contribution in [-0.2, 0) is 10.2 Å². The monoisotopic (exact) mass is 330 g/mol. The highest BCUT2D eigenvalue weighted by Crippen LogP contribution is 2.21. The molecule has 22 heavy (non-hydrogen) atoms. The highest BCUT2D eigenvalue weighted by molar-refractivity contribution is 7.87. The molecule has 7 heteroatoms. The second kappa shape index (κ2) is 7.04. The van der Waals surface area contributed by atoms with E-state index < -0.39 is 28.2 Å². The zero-order valence-corrected chi connectivity index (χ0v) is 13.7. The number of hydrogen-bond acceptors (Lipinski definition) is 3. The number of nitrogens with zero attached hydrogens (tertiary/aromatic N) is 1. The quantitative estimate of drug-likeness (QED) is 0.865. The van der Waals surface area contributed by atoms with Crippen molar-refractivity contribution < 1.29 is 17.9 Å². The lowest BCUT2D eigenvalue weighted by Crippen LogP contribution is -2.49. The van der Waals surface area contributed by atoms with E-state index in [0.717, 1.165) is 12.8 Å². The SMILES string of the molecule is CC1CCCN(S(=O)(=O)NC(C)C(O)c2ccc(F)cc2)C1. The minimum Gasteiger partial charge on any atom is -0.387 e. The third-order valence-corrected chi connectivity index (χ3v) is 5.66. The number of rotatable bonds is 5. The van der Waals surface area contributed by atoms with E-state index in [1.54, 1.807) is 6.92 Å². The average Bonchev–Trinajstić information content (AvgIpc) is 2.47. The van der Waals surface area contributed by atoms with Gasteiger partial charge in [-0.05, 0) is 43.4 Å². The molecule has 0 spiro atoms. The molecule has 0 aliphatic carbocycles. The van der Waals surface area contributed by atoms with Gasteiger partial charge in [0, 0.05) is 13.1 Å². The van der Waals surface area contributed by atoms with Gasteiger partial charge in [0.2, 0.25) is 0 Å². The van der Waals surface area contributed by atoms with Crippen LogP contribution in [0.25, 0.3) is 0 Å². The molecule has 0 amide bonds. The topological polar surface area (TPSA) is 69.6 Å². The Labute approximate surface area is 131 Å². The summed E-state index contributed by atoms with van der Waals surface area (Å²) in [6.07, 6.45) is 0.842. The first-order chi connectivity index (χ1) is 10.3. The van der Waals surface area contributed by atoms with Gasteiger partial charge in [-0.25, -0.2) is 4.39 Å². The van der Waals surface area contributed by atoms with Crippen molar-refractivity contribution >= 4 is 10.2 Å². The lowest BCUT2D eigenvalue weighted by atomic mass is 10.0. The molecule has 2 rings (SSSR count). The molecule has 3 atom stereocenters. The van der Waals surface area contributed by atoms with Gasteiger partial charge >= 0.3 is 0 Å². The van der Waals surface area contributed by atoms with Gasteiger partial charge in [0.25, 0.3) is 10.2 Å². The van der Waals surface area contributed by atoms with E-state index in [0.29, 0.717) is 24.6 Å². The molecular formula is C15H23FN2O3S. The highest BCUT2D eigenvalue weighted by Gasteiger charge is 2.30. The fourth-order valence-corrected chi connectivity index (χ4v) is 4.26. The van der Waals surface area contributed by atoms with Crippen molar-refractivity contribution in [3.8, 4) is 0 Å². The third-order valence-electron chi connectivity index (χ3n) is 3.98. The minimum atomic E-state index is -3.63. The van der Waals surface area contributed by atoms with Gasteiger partial charge in [0.1, 0.15) is 5.82 Å². The zero-order chi connectivity index (χ0) is 16.3. The number of piperidine rings is 1. The van der Waals surface area contributed by atoms with Crippen LogP contribution in [0, 0.1) is 11.7 Å². The largest absolute Gasteiger partial charge is 0.387 e. The summed E-state index contributed by atoms with van der Waals surface area (Å²) in [6, 6.07) is 4.69. The van der Waals surface area contributed by atoms with Gasteiger partial charge < -0.3 is 5.11 Å². The van der Waals surface area contributed by atoms with Crippen LogP contribution in [-0.4, -0.2) is 37.0 Å². The van der Waals surface area contributed by atoms with Crippen LogP contribution >= 0.6 is 0 Å².